The molecule has 0 saturated carbocycles. The lowest BCUT2D eigenvalue weighted by Gasteiger charge is -2.33. The summed E-state index contributed by atoms with van der Waals surface area (Å²) in [6.45, 7) is 7.49. The van der Waals surface area contributed by atoms with Gasteiger partial charge in [0.05, 0.1) is 24.7 Å². The van der Waals surface area contributed by atoms with E-state index < -0.39 is 34.7 Å². The standard InChI is InChI=1S/C31H37N3O6S/c1-20-10-8-11-21(2)27(20)40-18-25(35)33-24(16-22-12-6-5-7-13-22)26(36)30(38)34-19-41-31(3,4)28(34)29(37)32-17-23-14-9-15-39-23/h5-15,24,26,28,36H,16-19H2,1-4H3,(H,32,37)(H,33,35). The molecule has 3 amide bonds. The van der Waals surface area contributed by atoms with Crippen LogP contribution < -0.4 is 15.4 Å². The molecule has 3 unspecified atom stereocenters. The molecule has 41 heavy (non-hydrogen) atoms. The Morgan fingerprint density at radius 3 is 2.44 bits per heavy atom. The van der Waals surface area contributed by atoms with Crippen molar-refractivity contribution in [1.29, 1.82) is 0 Å². The molecule has 2 heterocycles. The van der Waals surface area contributed by atoms with Crippen LogP contribution in [0.25, 0.3) is 0 Å². The molecule has 1 aromatic heterocycles. The summed E-state index contributed by atoms with van der Waals surface area (Å²) in [6.07, 6.45) is 0.147. The van der Waals surface area contributed by atoms with Crippen molar-refractivity contribution < 1.29 is 28.6 Å². The van der Waals surface area contributed by atoms with Gasteiger partial charge in [0, 0.05) is 4.75 Å². The smallest absolute Gasteiger partial charge is 0.258 e. The van der Waals surface area contributed by atoms with Crippen molar-refractivity contribution >= 4 is 29.5 Å². The molecule has 1 aliphatic rings. The number of carbonyl (C=O) groups excluding carboxylic acids is 3. The average Bonchev–Trinajstić information content (AvgIpc) is 3.58. The number of furan rings is 1. The maximum atomic E-state index is 13.7. The van der Waals surface area contributed by atoms with E-state index in [0.717, 1.165) is 16.7 Å². The van der Waals surface area contributed by atoms with E-state index in [4.69, 9.17) is 9.15 Å². The lowest BCUT2D eigenvalue weighted by Crippen LogP contribution is -2.59. The third-order valence-corrected chi connectivity index (χ3v) is 8.50. The summed E-state index contributed by atoms with van der Waals surface area (Å²) in [7, 11) is 0. The third kappa shape index (κ3) is 7.51. The minimum Gasteiger partial charge on any atom is -0.483 e. The number of carbonyl (C=O) groups is 3. The molecule has 3 N–H and O–H groups in total. The van der Waals surface area contributed by atoms with E-state index in [0.29, 0.717) is 11.5 Å². The Labute approximate surface area is 244 Å². The Morgan fingerprint density at radius 1 is 1.07 bits per heavy atom. The van der Waals surface area contributed by atoms with Gasteiger partial charge >= 0.3 is 0 Å². The van der Waals surface area contributed by atoms with Crippen LogP contribution in [0.15, 0.2) is 71.3 Å². The second kappa shape index (κ2) is 13.3. The van der Waals surface area contributed by atoms with Crippen molar-refractivity contribution in [2.75, 3.05) is 12.5 Å². The van der Waals surface area contributed by atoms with Gasteiger partial charge in [-0.2, -0.15) is 0 Å². The fraction of sp³-hybridized carbons (Fsp3) is 0.387. The first-order chi connectivity index (χ1) is 19.6. The summed E-state index contributed by atoms with van der Waals surface area (Å²) >= 11 is 1.45. The van der Waals surface area contributed by atoms with Crippen LogP contribution in [-0.4, -0.2) is 63.1 Å². The highest BCUT2D eigenvalue weighted by Gasteiger charge is 2.49. The number of amides is 3. The largest absolute Gasteiger partial charge is 0.483 e. The van der Waals surface area contributed by atoms with Crippen LogP contribution in [-0.2, 0) is 27.3 Å². The molecular formula is C31H37N3O6S. The molecular weight excluding hydrogens is 542 g/mol. The zero-order valence-corrected chi connectivity index (χ0v) is 24.6. The Hall–Kier alpha value is -3.76. The number of nitrogens with one attached hydrogen (secondary N) is 2. The molecule has 0 radical (unpaired) electrons. The van der Waals surface area contributed by atoms with Crippen LogP contribution in [0.2, 0.25) is 0 Å². The first-order valence-corrected chi connectivity index (χ1v) is 14.5. The number of rotatable bonds is 11. The topological polar surface area (TPSA) is 121 Å². The van der Waals surface area contributed by atoms with E-state index in [9.17, 15) is 19.5 Å². The molecule has 2 aromatic carbocycles. The number of para-hydroxylation sites is 1. The number of hydrogen-bond acceptors (Lipinski definition) is 7. The Kier molecular flexibility index (Phi) is 9.77. The molecule has 9 nitrogen and oxygen atoms in total. The Morgan fingerprint density at radius 2 is 1.78 bits per heavy atom. The molecule has 1 fully saturated rings. The fourth-order valence-corrected chi connectivity index (χ4v) is 6.10. The molecule has 0 aliphatic carbocycles. The molecule has 4 rings (SSSR count). The minimum absolute atomic E-state index is 0.181. The van der Waals surface area contributed by atoms with E-state index in [2.05, 4.69) is 10.6 Å². The summed E-state index contributed by atoms with van der Waals surface area (Å²) in [6, 6.07) is 16.7. The van der Waals surface area contributed by atoms with Gasteiger partial charge in [-0.05, 0) is 62.9 Å². The highest BCUT2D eigenvalue weighted by atomic mass is 32.2. The molecule has 218 valence electrons. The number of benzene rings is 2. The fourth-order valence-electron chi connectivity index (χ4n) is 4.96. The molecule has 0 spiro atoms. The van der Waals surface area contributed by atoms with Gasteiger partial charge in [0.25, 0.3) is 11.8 Å². The van der Waals surface area contributed by atoms with Gasteiger partial charge in [0.15, 0.2) is 12.7 Å². The van der Waals surface area contributed by atoms with E-state index >= 15 is 0 Å². The number of thioether (sulfide) groups is 1. The predicted molar refractivity (Wildman–Crippen MR) is 157 cm³/mol. The van der Waals surface area contributed by atoms with Crippen LogP contribution in [0.4, 0.5) is 0 Å². The van der Waals surface area contributed by atoms with Crippen molar-refractivity contribution in [2.24, 2.45) is 0 Å². The molecule has 0 bridgehead atoms. The summed E-state index contributed by atoms with van der Waals surface area (Å²) < 4.78 is 10.5. The Balaban J connectivity index is 1.49. The van der Waals surface area contributed by atoms with E-state index in [1.165, 1.54) is 22.9 Å². The van der Waals surface area contributed by atoms with Crippen molar-refractivity contribution in [3.63, 3.8) is 0 Å². The van der Waals surface area contributed by atoms with Gasteiger partial charge in [-0.15, -0.1) is 11.8 Å². The number of aliphatic hydroxyl groups excluding tert-OH is 1. The summed E-state index contributed by atoms with van der Waals surface area (Å²) in [5.74, 6) is 0.000688. The number of aliphatic hydroxyl groups is 1. The number of ether oxygens (including phenoxy) is 1. The van der Waals surface area contributed by atoms with Crippen LogP contribution in [0, 0.1) is 13.8 Å². The van der Waals surface area contributed by atoms with Crippen LogP contribution in [0.5, 0.6) is 5.75 Å². The molecule has 1 aliphatic heterocycles. The monoisotopic (exact) mass is 579 g/mol. The zero-order valence-electron chi connectivity index (χ0n) is 23.8. The highest BCUT2D eigenvalue weighted by molar-refractivity contribution is 8.00. The number of aryl methyl sites for hydroxylation is 2. The van der Waals surface area contributed by atoms with Crippen molar-refractivity contribution in [1.82, 2.24) is 15.5 Å². The first kappa shape index (κ1) is 30.2. The van der Waals surface area contributed by atoms with Gasteiger partial charge in [0.2, 0.25) is 5.91 Å². The van der Waals surface area contributed by atoms with Crippen LogP contribution in [0.1, 0.15) is 36.3 Å². The van der Waals surface area contributed by atoms with Gasteiger partial charge in [-0.3, -0.25) is 14.4 Å². The van der Waals surface area contributed by atoms with Crippen molar-refractivity contribution in [2.45, 2.75) is 63.6 Å². The Bertz CT molecular complexity index is 1320. The van der Waals surface area contributed by atoms with Crippen molar-refractivity contribution in [3.05, 3.63) is 89.4 Å². The normalized spacial score (nSPS) is 17.5. The van der Waals surface area contributed by atoms with E-state index in [-0.39, 0.29) is 31.4 Å². The lowest BCUT2D eigenvalue weighted by molar-refractivity contribution is -0.148. The maximum absolute atomic E-state index is 13.7. The third-order valence-electron chi connectivity index (χ3n) is 7.13. The van der Waals surface area contributed by atoms with E-state index in [1.807, 2.05) is 76.2 Å². The van der Waals surface area contributed by atoms with Gasteiger partial charge < -0.3 is 29.8 Å². The number of hydrogen-bond donors (Lipinski definition) is 3. The second-order valence-electron chi connectivity index (χ2n) is 10.7. The van der Waals surface area contributed by atoms with Crippen LogP contribution >= 0.6 is 11.8 Å². The van der Waals surface area contributed by atoms with Crippen molar-refractivity contribution in [3.8, 4) is 5.75 Å². The van der Waals surface area contributed by atoms with Gasteiger partial charge in [-0.25, -0.2) is 0 Å². The van der Waals surface area contributed by atoms with Gasteiger partial charge in [-0.1, -0.05) is 48.5 Å². The predicted octanol–water partition coefficient (Wildman–Crippen LogP) is 3.36. The quantitative estimate of drug-likeness (QED) is 0.319. The summed E-state index contributed by atoms with van der Waals surface area (Å²) in [5.41, 5.74) is 2.64. The SMILES string of the molecule is Cc1cccc(C)c1OCC(=O)NC(Cc1ccccc1)C(O)C(=O)N1CSC(C)(C)C1C(=O)NCc1ccco1. The second-order valence-corrected chi connectivity index (χ2v) is 12.3. The van der Waals surface area contributed by atoms with E-state index in [1.54, 1.807) is 12.1 Å². The maximum Gasteiger partial charge on any atom is 0.258 e. The minimum atomic E-state index is -1.59. The molecule has 3 atom stereocenters. The summed E-state index contributed by atoms with van der Waals surface area (Å²) in [5, 5.41) is 17.0. The molecule has 10 heteroatoms. The highest BCUT2D eigenvalue weighted by Crippen LogP contribution is 2.40. The molecule has 3 aromatic rings. The summed E-state index contributed by atoms with van der Waals surface area (Å²) in [4.78, 5) is 41.4. The average molecular weight is 580 g/mol. The number of nitrogens with zero attached hydrogens (tertiary/aromatic N) is 1. The zero-order chi connectivity index (χ0) is 29.6. The first-order valence-electron chi connectivity index (χ1n) is 13.5. The van der Waals surface area contributed by atoms with Gasteiger partial charge in [0.1, 0.15) is 17.6 Å². The molecule has 1 saturated heterocycles. The van der Waals surface area contributed by atoms with Crippen LogP contribution in [0.3, 0.4) is 0 Å². The lowest BCUT2D eigenvalue weighted by atomic mass is 9.97.